The normalized spacial score (nSPS) is 15.7. The van der Waals surface area contributed by atoms with Gasteiger partial charge in [-0.15, -0.1) is 0 Å². The molecule has 0 saturated carbocycles. The first-order chi connectivity index (χ1) is 17.7. The number of nitrogens with one attached hydrogen (secondary N) is 1. The lowest BCUT2D eigenvalue weighted by molar-refractivity contribution is -0.384. The van der Waals surface area contributed by atoms with Gasteiger partial charge in [0.05, 0.1) is 23.0 Å². The molecule has 0 saturated heterocycles. The molecule has 0 amide bonds. The standard InChI is InChI=1S/C27H29N5O5/c1-17-23(25(24(27(33)34)18(2)28-17)20-12-7-13-21(15-20)32(35)36)26-29-22(30-37-26)16-31(3)14-8-11-19-9-5-4-6-10-19/h4-7,9-10,12-13,15,25,28H,8,11,14,16H2,1-3H3,(H,33,34). The first-order valence-electron chi connectivity index (χ1n) is 12.0. The van der Waals surface area contributed by atoms with Crippen molar-refractivity contribution in [3.05, 3.63) is 105 Å². The van der Waals surface area contributed by atoms with Gasteiger partial charge in [-0.3, -0.25) is 15.0 Å². The van der Waals surface area contributed by atoms with E-state index in [0.717, 1.165) is 19.4 Å². The number of nitro groups is 1. The molecule has 3 aromatic rings. The number of aryl methyl sites for hydroxylation is 1. The number of hydrogen-bond donors (Lipinski definition) is 2. The molecule has 1 aliphatic heterocycles. The molecule has 1 unspecified atom stereocenters. The van der Waals surface area contributed by atoms with E-state index in [9.17, 15) is 20.0 Å². The minimum absolute atomic E-state index is 0.0684. The molecule has 2 heterocycles. The Kier molecular flexibility index (Phi) is 7.78. The Balaban J connectivity index is 1.57. The Hall–Kier alpha value is -4.31. The molecule has 192 valence electrons. The van der Waals surface area contributed by atoms with E-state index >= 15 is 0 Å². The number of carboxylic acid groups (broad SMARTS) is 1. The molecule has 0 bridgehead atoms. The van der Waals surface area contributed by atoms with Crippen LogP contribution in [0.3, 0.4) is 0 Å². The maximum Gasteiger partial charge on any atom is 0.334 e. The fourth-order valence-corrected chi connectivity index (χ4v) is 4.66. The summed E-state index contributed by atoms with van der Waals surface area (Å²) in [5.74, 6) is -1.31. The zero-order chi connectivity index (χ0) is 26.5. The van der Waals surface area contributed by atoms with Crippen LogP contribution in [0.2, 0.25) is 0 Å². The van der Waals surface area contributed by atoms with Crippen molar-refractivity contribution in [1.29, 1.82) is 0 Å². The predicted molar refractivity (Wildman–Crippen MR) is 137 cm³/mol. The number of benzene rings is 2. The first-order valence-corrected chi connectivity index (χ1v) is 12.0. The van der Waals surface area contributed by atoms with Gasteiger partial charge in [0.15, 0.2) is 5.82 Å². The van der Waals surface area contributed by atoms with Gasteiger partial charge in [0.1, 0.15) is 0 Å². The lowest BCUT2D eigenvalue weighted by Gasteiger charge is -2.29. The number of nitro benzene ring substituents is 1. The second-order valence-corrected chi connectivity index (χ2v) is 9.14. The summed E-state index contributed by atoms with van der Waals surface area (Å²) in [5, 5.41) is 28.7. The number of rotatable bonds is 10. The number of dihydropyridines is 1. The molecule has 37 heavy (non-hydrogen) atoms. The summed E-state index contributed by atoms with van der Waals surface area (Å²) in [6.45, 7) is 4.75. The second-order valence-electron chi connectivity index (χ2n) is 9.14. The molecule has 4 rings (SSSR count). The van der Waals surface area contributed by atoms with Gasteiger partial charge >= 0.3 is 5.97 Å². The Labute approximate surface area is 214 Å². The summed E-state index contributed by atoms with van der Waals surface area (Å²) < 4.78 is 5.61. The summed E-state index contributed by atoms with van der Waals surface area (Å²) in [6, 6.07) is 16.3. The highest BCUT2D eigenvalue weighted by Gasteiger charge is 2.37. The summed E-state index contributed by atoms with van der Waals surface area (Å²) >= 11 is 0. The van der Waals surface area contributed by atoms with E-state index in [2.05, 4.69) is 32.5 Å². The van der Waals surface area contributed by atoms with Crippen LogP contribution in [0.4, 0.5) is 5.69 Å². The number of non-ortho nitro benzene ring substituents is 1. The number of carboxylic acids is 1. The third kappa shape index (κ3) is 5.92. The molecule has 0 radical (unpaired) electrons. The molecule has 10 nitrogen and oxygen atoms in total. The molecule has 1 atom stereocenters. The van der Waals surface area contributed by atoms with Crippen molar-refractivity contribution in [2.45, 2.75) is 39.2 Å². The molecule has 0 aliphatic carbocycles. The molecular formula is C27H29N5O5. The number of aromatic nitrogens is 2. The highest BCUT2D eigenvalue weighted by Crippen LogP contribution is 2.43. The molecule has 0 spiro atoms. The zero-order valence-electron chi connectivity index (χ0n) is 21.0. The number of carbonyl (C=O) groups is 1. The molecule has 0 fully saturated rings. The maximum absolute atomic E-state index is 12.3. The van der Waals surface area contributed by atoms with Gasteiger partial charge in [0, 0.05) is 29.1 Å². The average Bonchev–Trinajstić information content (AvgIpc) is 3.31. The fraction of sp³-hybridized carbons (Fsp3) is 0.296. The lowest BCUT2D eigenvalue weighted by atomic mass is 9.80. The van der Waals surface area contributed by atoms with Crippen LogP contribution in [-0.2, 0) is 17.8 Å². The zero-order valence-corrected chi connectivity index (χ0v) is 21.0. The maximum atomic E-state index is 12.3. The molecule has 1 aromatic heterocycles. The molecule has 10 heteroatoms. The van der Waals surface area contributed by atoms with Crippen molar-refractivity contribution < 1.29 is 19.3 Å². The van der Waals surface area contributed by atoms with Crippen LogP contribution in [0, 0.1) is 10.1 Å². The van der Waals surface area contributed by atoms with E-state index in [1.165, 1.54) is 17.7 Å². The van der Waals surface area contributed by atoms with E-state index < -0.39 is 16.8 Å². The van der Waals surface area contributed by atoms with Crippen molar-refractivity contribution in [2.24, 2.45) is 0 Å². The lowest BCUT2D eigenvalue weighted by Crippen LogP contribution is -2.27. The van der Waals surface area contributed by atoms with Gasteiger partial charge in [0.25, 0.3) is 11.6 Å². The molecule has 2 aromatic carbocycles. The highest BCUT2D eigenvalue weighted by molar-refractivity contribution is 5.95. The summed E-state index contributed by atoms with van der Waals surface area (Å²) in [7, 11) is 1.98. The monoisotopic (exact) mass is 503 g/mol. The number of nitrogens with zero attached hydrogens (tertiary/aromatic N) is 4. The van der Waals surface area contributed by atoms with Crippen LogP contribution >= 0.6 is 0 Å². The van der Waals surface area contributed by atoms with Gasteiger partial charge in [-0.1, -0.05) is 47.6 Å². The van der Waals surface area contributed by atoms with Gasteiger partial charge in [-0.2, -0.15) is 4.98 Å². The average molecular weight is 504 g/mol. The van der Waals surface area contributed by atoms with Gasteiger partial charge in [-0.05, 0) is 51.4 Å². The largest absolute Gasteiger partial charge is 0.478 e. The summed E-state index contributed by atoms with van der Waals surface area (Å²) in [5.41, 5.74) is 3.26. The van der Waals surface area contributed by atoms with E-state index in [-0.39, 0.29) is 17.2 Å². The minimum Gasteiger partial charge on any atom is -0.478 e. The smallest absolute Gasteiger partial charge is 0.334 e. The second kappa shape index (κ2) is 11.2. The Morgan fingerprint density at radius 3 is 2.62 bits per heavy atom. The summed E-state index contributed by atoms with van der Waals surface area (Å²) in [4.78, 5) is 29.8. The molecule has 1 aliphatic rings. The van der Waals surface area contributed by atoms with E-state index in [4.69, 9.17) is 4.52 Å². The van der Waals surface area contributed by atoms with Crippen LogP contribution in [0.1, 0.15) is 49.0 Å². The highest BCUT2D eigenvalue weighted by atomic mass is 16.6. The van der Waals surface area contributed by atoms with Crippen LogP contribution < -0.4 is 5.32 Å². The molecular weight excluding hydrogens is 474 g/mol. The van der Waals surface area contributed by atoms with Crippen LogP contribution in [0.15, 0.2) is 76.1 Å². The predicted octanol–water partition coefficient (Wildman–Crippen LogP) is 4.52. The third-order valence-corrected chi connectivity index (χ3v) is 6.36. The van der Waals surface area contributed by atoms with Crippen molar-refractivity contribution in [3.63, 3.8) is 0 Å². The van der Waals surface area contributed by atoms with Crippen LogP contribution in [0.25, 0.3) is 5.57 Å². The Morgan fingerprint density at radius 2 is 1.92 bits per heavy atom. The van der Waals surface area contributed by atoms with Gasteiger partial charge in [-0.25, -0.2) is 4.79 Å². The number of allylic oxidation sites excluding steroid dienone is 3. The number of aliphatic carboxylic acids is 1. The fourth-order valence-electron chi connectivity index (χ4n) is 4.66. The minimum atomic E-state index is -1.13. The van der Waals surface area contributed by atoms with E-state index in [1.54, 1.807) is 26.0 Å². The third-order valence-electron chi connectivity index (χ3n) is 6.36. The van der Waals surface area contributed by atoms with Crippen molar-refractivity contribution >= 4 is 17.2 Å². The van der Waals surface area contributed by atoms with Crippen LogP contribution in [0.5, 0.6) is 0 Å². The molecule has 2 N–H and O–H groups in total. The summed E-state index contributed by atoms with van der Waals surface area (Å²) in [6.07, 6.45) is 1.94. The van der Waals surface area contributed by atoms with Gasteiger partial charge in [0.2, 0.25) is 0 Å². The Morgan fingerprint density at radius 1 is 1.16 bits per heavy atom. The van der Waals surface area contributed by atoms with Crippen molar-refractivity contribution in [1.82, 2.24) is 20.4 Å². The number of hydrogen-bond acceptors (Lipinski definition) is 8. The SMILES string of the molecule is CC1=C(C(=O)O)C(c2cccc([N+](=O)[O-])c2)C(c2nc(CN(C)CCCc3ccccc3)no2)=C(C)N1. The topological polar surface area (TPSA) is 135 Å². The van der Waals surface area contributed by atoms with Crippen LogP contribution in [-0.4, -0.2) is 44.6 Å². The van der Waals surface area contributed by atoms with E-state index in [0.29, 0.717) is 34.9 Å². The van der Waals surface area contributed by atoms with E-state index in [1.807, 2.05) is 25.2 Å². The van der Waals surface area contributed by atoms with Crippen molar-refractivity contribution in [3.8, 4) is 0 Å². The Bertz CT molecular complexity index is 1360. The van der Waals surface area contributed by atoms with Crippen molar-refractivity contribution in [2.75, 3.05) is 13.6 Å². The van der Waals surface area contributed by atoms with Gasteiger partial charge < -0.3 is 14.9 Å². The quantitative estimate of drug-likeness (QED) is 0.302. The first kappa shape index (κ1) is 25.8.